The van der Waals surface area contributed by atoms with Crippen LogP contribution < -0.4 is 11.0 Å². The Bertz CT molecular complexity index is 1310. The van der Waals surface area contributed by atoms with Gasteiger partial charge in [-0.2, -0.15) is 22.0 Å². The topological polar surface area (TPSA) is 109 Å². The van der Waals surface area contributed by atoms with Gasteiger partial charge in [0.05, 0.1) is 34.4 Å². The summed E-state index contributed by atoms with van der Waals surface area (Å²) in [7, 11) is 0. The molecule has 0 atom stereocenters. The van der Waals surface area contributed by atoms with Crippen LogP contribution in [-0.4, -0.2) is 45.4 Å². The lowest BCUT2D eigenvalue weighted by Gasteiger charge is -2.23. The Labute approximate surface area is 195 Å². The first-order valence-electron chi connectivity index (χ1n) is 10.7. The number of alkyl halides is 5. The predicted molar refractivity (Wildman–Crippen MR) is 117 cm³/mol. The summed E-state index contributed by atoms with van der Waals surface area (Å²) in [5, 5.41) is 17.9. The molecule has 3 N–H and O–H groups in total. The van der Waals surface area contributed by atoms with E-state index in [4.69, 9.17) is 10.8 Å². The van der Waals surface area contributed by atoms with Crippen molar-refractivity contribution in [3.63, 3.8) is 0 Å². The molecule has 0 aliphatic carbocycles. The summed E-state index contributed by atoms with van der Waals surface area (Å²) in [6.45, 7) is 1.23. The molecule has 13 heteroatoms. The van der Waals surface area contributed by atoms with Crippen molar-refractivity contribution in [3.05, 3.63) is 63.8 Å². The van der Waals surface area contributed by atoms with Gasteiger partial charge in [-0.1, -0.05) is 0 Å². The van der Waals surface area contributed by atoms with Crippen molar-refractivity contribution in [2.24, 2.45) is 0 Å². The summed E-state index contributed by atoms with van der Waals surface area (Å²) in [4.78, 5) is 17.5. The van der Waals surface area contributed by atoms with Crippen LogP contribution in [0.25, 0.3) is 11.0 Å². The summed E-state index contributed by atoms with van der Waals surface area (Å²) < 4.78 is 72.3. The SMILES string of the molecule is N=C(OC(=N)C(F)F)c1ccc(Cn2c(=O)n(C3CCNCC3)c3ccc(C(F)(F)F)cc32)nc1. The monoisotopic (exact) mass is 496 g/mol. The highest BCUT2D eigenvalue weighted by atomic mass is 19.4. The van der Waals surface area contributed by atoms with E-state index >= 15 is 0 Å². The molecule has 0 radical (unpaired) electrons. The molecule has 1 aliphatic heterocycles. The van der Waals surface area contributed by atoms with Crippen molar-refractivity contribution in [1.29, 1.82) is 10.8 Å². The van der Waals surface area contributed by atoms with Crippen LogP contribution in [0.1, 0.15) is 35.7 Å². The maximum atomic E-state index is 13.4. The Kier molecular flexibility index (Phi) is 6.70. The van der Waals surface area contributed by atoms with Gasteiger partial charge in [0.15, 0.2) is 0 Å². The maximum Gasteiger partial charge on any atom is 0.416 e. The molecule has 35 heavy (non-hydrogen) atoms. The van der Waals surface area contributed by atoms with Gasteiger partial charge in [-0.15, -0.1) is 0 Å². The molecule has 0 bridgehead atoms. The van der Waals surface area contributed by atoms with Gasteiger partial charge >= 0.3 is 18.3 Å². The van der Waals surface area contributed by atoms with E-state index in [-0.39, 0.29) is 23.7 Å². The first kappa shape index (κ1) is 24.5. The van der Waals surface area contributed by atoms with E-state index in [0.717, 1.165) is 18.3 Å². The molecule has 4 rings (SSSR count). The molecule has 1 fully saturated rings. The van der Waals surface area contributed by atoms with Gasteiger partial charge in [0, 0.05) is 12.2 Å². The third-order valence-corrected chi connectivity index (χ3v) is 5.78. The lowest BCUT2D eigenvalue weighted by molar-refractivity contribution is -0.137. The Balaban J connectivity index is 1.70. The van der Waals surface area contributed by atoms with Gasteiger partial charge in [-0.05, 0) is 56.3 Å². The number of benzene rings is 1. The van der Waals surface area contributed by atoms with Crippen LogP contribution in [0, 0.1) is 10.8 Å². The number of rotatable bonds is 5. The third kappa shape index (κ3) is 5.09. The Morgan fingerprint density at radius 2 is 1.86 bits per heavy atom. The number of fused-ring (bicyclic) bond motifs is 1. The Morgan fingerprint density at radius 3 is 2.46 bits per heavy atom. The van der Waals surface area contributed by atoms with Crippen LogP contribution in [0.4, 0.5) is 22.0 Å². The number of imidazole rings is 1. The van der Waals surface area contributed by atoms with Crippen molar-refractivity contribution < 1.29 is 26.7 Å². The average molecular weight is 496 g/mol. The van der Waals surface area contributed by atoms with Crippen LogP contribution in [0.3, 0.4) is 0 Å². The summed E-state index contributed by atoms with van der Waals surface area (Å²) >= 11 is 0. The molecule has 186 valence electrons. The minimum absolute atomic E-state index is 0.0167. The third-order valence-electron chi connectivity index (χ3n) is 5.78. The van der Waals surface area contributed by atoms with E-state index in [1.807, 2.05) is 0 Å². The van der Waals surface area contributed by atoms with E-state index in [2.05, 4.69) is 15.0 Å². The molecular weight excluding hydrogens is 475 g/mol. The van der Waals surface area contributed by atoms with E-state index < -0.39 is 35.7 Å². The van der Waals surface area contributed by atoms with E-state index in [1.165, 1.54) is 27.3 Å². The van der Waals surface area contributed by atoms with Crippen LogP contribution in [0.15, 0.2) is 41.3 Å². The molecule has 1 aliphatic rings. The molecule has 2 aromatic heterocycles. The number of halogens is 5. The number of hydrogen-bond donors (Lipinski definition) is 3. The van der Waals surface area contributed by atoms with Crippen molar-refractivity contribution in [1.82, 2.24) is 19.4 Å². The molecular formula is C22H21F5N6O2. The van der Waals surface area contributed by atoms with Gasteiger partial charge in [0.1, 0.15) is 0 Å². The highest BCUT2D eigenvalue weighted by molar-refractivity contribution is 5.99. The Morgan fingerprint density at radius 1 is 1.14 bits per heavy atom. The molecule has 3 aromatic rings. The first-order chi connectivity index (χ1) is 16.6. The number of piperidine rings is 1. The lowest BCUT2D eigenvalue weighted by Crippen LogP contribution is -2.35. The second kappa shape index (κ2) is 9.56. The fourth-order valence-corrected chi connectivity index (χ4v) is 4.05. The average Bonchev–Trinajstić information content (AvgIpc) is 3.10. The normalized spacial score (nSPS) is 15.0. The zero-order chi connectivity index (χ0) is 25.3. The summed E-state index contributed by atoms with van der Waals surface area (Å²) in [6.07, 6.45) is -5.30. The highest BCUT2D eigenvalue weighted by Gasteiger charge is 2.32. The zero-order valence-electron chi connectivity index (χ0n) is 18.2. The Hall–Kier alpha value is -3.61. The summed E-state index contributed by atoms with van der Waals surface area (Å²) in [5.41, 5.74) is -0.504. The zero-order valence-corrected chi connectivity index (χ0v) is 18.2. The summed E-state index contributed by atoms with van der Waals surface area (Å²) in [5.74, 6) is -2.08. The second-order valence-electron chi connectivity index (χ2n) is 8.06. The number of pyridine rings is 1. The summed E-state index contributed by atoms with van der Waals surface area (Å²) in [6, 6.07) is 5.80. The fraction of sp³-hybridized carbons (Fsp3) is 0.364. The van der Waals surface area contributed by atoms with Crippen molar-refractivity contribution >= 4 is 22.8 Å². The standard InChI is InChI=1S/C22H21F5N6O2/c23-18(24)20(29)35-19(28)12-1-3-14(31-10-12)11-32-17-9-13(22(25,26)27)2-4-16(17)33(21(32)34)15-5-7-30-8-6-15/h1-4,9-10,15,18,28-30H,5-8,11H2. The second-order valence-corrected chi connectivity index (χ2v) is 8.06. The quantitative estimate of drug-likeness (QED) is 0.284. The minimum Gasteiger partial charge on any atom is -0.419 e. The van der Waals surface area contributed by atoms with E-state index in [1.54, 1.807) is 0 Å². The molecule has 0 amide bonds. The van der Waals surface area contributed by atoms with Crippen molar-refractivity contribution in [2.75, 3.05) is 13.1 Å². The molecule has 1 aromatic carbocycles. The molecule has 3 heterocycles. The van der Waals surface area contributed by atoms with E-state index in [9.17, 15) is 26.7 Å². The van der Waals surface area contributed by atoms with Gasteiger partial charge < -0.3 is 10.1 Å². The smallest absolute Gasteiger partial charge is 0.416 e. The molecule has 8 nitrogen and oxygen atoms in total. The van der Waals surface area contributed by atoms with Gasteiger partial charge in [0.2, 0.25) is 5.90 Å². The predicted octanol–water partition coefficient (Wildman–Crippen LogP) is 3.77. The highest BCUT2D eigenvalue weighted by Crippen LogP contribution is 2.32. The lowest BCUT2D eigenvalue weighted by atomic mass is 10.1. The number of hydrogen-bond acceptors (Lipinski definition) is 6. The molecule has 0 saturated carbocycles. The molecule has 1 saturated heterocycles. The van der Waals surface area contributed by atoms with Crippen LogP contribution >= 0.6 is 0 Å². The fourth-order valence-electron chi connectivity index (χ4n) is 4.05. The molecule has 0 unspecified atom stereocenters. The first-order valence-corrected chi connectivity index (χ1v) is 10.7. The van der Waals surface area contributed by atoms with Crippen LogP contribution in [-0.2, 0) is 17.5 Å². The van der Waals surface area contributed by atoms with Crippen LogP contribution in [0.2, 0.25) is 0 Å². The van der Waals surface area contributed by atoms with Gasteiger partial charge in [0.25, 0.3) is 5.90 Å². The number of aromatic nitrogens is 3. The minimum atomic E-state index is -4.59. The van der Waals surface area contributed by atoms with E-state index in [0.29, 0.717) is 37.1 Å². The van der Waals surface area contributed by atoms with Crippen molar-refractivity contribution in [2.45, 2.75) is 38.0 Å². The number of ether oxygens (including phenoxy) is 1. The van der Waals surface area contributed by atoms with Gasteiger partial charge in [-0.25, -0.2) is 4.79 Å². The van der Waals surface area contributed by atoms with Gasteiger partial charge in [-0.3, -0.25) is 24.9 Å². The largest absolute Gasteiger partial charge is 0.419 e. The number of nitrogens with zero attached hydrogens (tertiary/aromatic N) is 3. The van der Waals surface area contributed by atoms with Crippen molar-refractivity contribution in [3.8, 4) is 0 Å². The van der Waals surface area contributed by atoms with Crippen LogP contribution in [0.5, 0.6) is 0 Å². The molecule has 0 spiro atoms. The number of nitrogens with one attached hydrogen (secondary N) is 3. The maximum absolute atomic E-state index is 13.4.